The third-order valence-electron chi connectivity index (χ3n) is 2.46. The summed E-state index contributed by atoms with van der Waals surface area (Å²) in [5.74, 6) is -0.167. The maximum atomic E-state index is 12.1. The van der Waals surface area contributed by atoms with Gasteiger partial charge in [-0.2, -0.15) is 0 Å². The summed E-state index contributed by atoms with van der Waals surface area (Å²) in [6.07, 6.45) is 3.33. The van der Waals surface area contributed by atoms with Crippen LogP contribution in [0.5, 0.6) is 0 Å². The van der Waals surface area contributed by atoms with Crippen LogP contribution in [0.2, 0.25) is 0 Å². The van der Waals surface area contributed by atoms with Crippen molar-refractivity contribution in [2.75, 3.05) is 5.32 Å². The molecule has 1 heterocycles. The highest BCUT2D eigenvalue weighted by molar-refractivity contribution is 9.11. The lowest BCUT2D eigenvalue weighted by atomic mass is 10.2. The third-order valence-corrected chi connectivity index (χ3v) is 3.65. The van der Waals surface area contributed by atoms with E-state index in [4.69, 9.17) is 0 Å². The lowest BCUT2D eigenvalue weighted by Crippen LogP contribution is -2.13. The number of pyridine rings is 1. The monoisotopic (exact) mass is 368 g/mol. The summed E-state index contributed by atoms with van der Waals surface area (Å²) < 4.78 is 1.61. The fourth-order valence-corrected chi connectivity index (χ4v) is 2.24. The molecule has 0 fully saturated rings. The van der Waals surface area contributed by atoms with Gasteiger partial charge in [-0.1, -0.05) is 15.9 Å². The molecule has 92 valence electrons. The van der Waals surface area contributed by atoms with E-state index in [0.29, 0.717) is 5.56 Å². The van der Waals surface area contributed by atoms with E-state index in [-0.39, 0.29) is 5.91 Å². The number of aryl methyl sites for hydroxylation is 1. The number of rotatable bonds is 2. The van der Waals surface area contributed by atoms with Gasteiger partial charge in [-0.05, 0) is 52.7 Å². The molecule has 0 aliphatic carbocycles. The number of amides is 1. The first-order valence-electron chi connectivity index (χ1n) is 5.25. The highest BCUT2D eigenvalue weighted by Crippen LogP contribution is 2.23. The lowest BCUT2D eigenvalue weighted by Gasteiger charge is -2.09. The highest BCUT2D eigenvalue weighted by atomic mass is 79.9. The van der Waals surface area contributed by atoms with Crippen LogP contribution in [0.1, 0.15) is 15.9 Å². The Labute approximate surface area is 122 Å². The van der Waals surface area contributed by atoms with Crippen molar-refractivity contribution >= 4 is 43.5 Å². The molecule has 5 heteroatoms. The van der Waals surface area contributed by atoms with Crippen LogP contribution in [0.15, 0.2) is 45.6 Å². The summed E-state index contributed by atoms with van der Waals surface area (Å²) in [4.78, 5) is 16.1. The van der Waals surface area contributed by atoms with Crippen LogP contribution in [-0.4, -0.2) is 10.9 Å². The van der Waals surface area contributed by atoms with Crippen LogP contribution in [0.3, 0.4) is 0 Å². The number of anilines is 1. The number of nitrogens with zero attached hydrogens (tertiary/aromatic N) is 1. The second-order valence-corrected chi connectivity index (χ2v) is 5.54. The first kappa shape index (κ1) is 13.2. The topological polar surface area (TPSA) is 42.0 Å². The van der Waals surface area contributed by atoms with Crippen molar-refractivity contribution < 1.29 is 4.79 Å². The van der Waals surface area contributed by atoms with Gasteiger partial charge in [0.05, 0.1) is 17.4 Å². The van der Waals surface area contributed by atoms with Gasteiger partial charge in [0.25, 0.3) is 5.91 Å². The second-order valence-electron chi connectivity index (χ2n) is 3.77. The predicted molar refractivity (Wildman–Crippen MR) is 78.8 cm³/mol. The summed E-state index contributed by atoms with van der Waals surface area (Å²) in [5, 5.41) is 2.84. The molecule has 0 unspecified atom stereocenters. The molecule has 2 rings (SSSR count). The van der Waals surface area contributed by atoms with E-state index in [1.54, 1.807) is 18.5 Å². The summed E-state index contributed by atoms with van der Waals surface area (Å²) >= 11 is 6.72. The van der Waals surface area contributed by atoms with Gasteiger partial charge in [-0.3, -0.25) is 9.78 Å². The molecule has 1 amide bonds. The van der Waals surface area contributed by atoms with Crippen molar-refractivity contribution in [1.29, 1.82) is 0 Å². The van der Waals surface area contributed by atoms with Gasteiger partial charge in [0.2, 0.25) is 0 Å². The van der Waals surface area contributed by atoms with Crippen molar-refractivity contribution in [3.8, 4) is 0 Å². The van der Waals surface area contributed by atoms with Gasteiger partial charge in [0.1, 0.15) is 0 Å². The Balaban J connectivity index is 2.28. The van der Waals surface area contributed by atoms with Gasteiger partial charge in [-0.15, -0.1) is 0 Å². The van der Waals surface area contributed by atoms with Crippen LogP contribution < -0.4 is 5.32 Å². The van der Waals surface area contributed by atoms with Crippen molar-refractivity contribution in [3.63, 3.8) is 0 Å². The van der Waals surface area contributed by atoms with Crippen molar-refractivity contribution in [2.45, 2.75) is 6.92 Å². The maximum Gasteiger partial charge on any atom is 0.256 e. The summed E-state index contributed by atoms with van der Waals surface area (Å²) in [7, 11) is 0. The standard InChI is InChI=1S/C13H10Br2N2O/c1-8-4-5-16-7-12(8)17-13(18)10-6-9(14)2-3-11(10)15/h2-7H,1H3,(H,17,18). The number of nitrogens with one attached hydrogen (secondary N) is 1. The Hall–Kier alpha value is -1.20. The smallest absolute Gasteiger partial charge is 0.256 e. The van der Waals surface area contributed by atoms with E-state index in [0.717, 1.165) is 20.2 Å². The SMILES string of the molecule is Cc1ccncc1NC(=O)c1cc(Br)ccc1Br. The molecule has 0 aliphatic heterocycles. The Morgan fingerprint density at radius 2 is 2.06 bits per heavy atom. The van der Waals surface area contributed by atoms with Gasteiger partial charge >= 0.3 is 0 Å². The van der Waals surface area contributed by atoms with E-state index < -0.39 is 0 Å². The third kappa shape index (κ3) is 2.97. The quantitative estimate of drug-likeness (QED) is 0.863. The van der Waals surface area contributed by atoms with Crippen molar-refractivity contribution in [2.24, 2.45) is 0 Å². The van der Waals surface area contributed by atoms with Crippen LogP contribution >= 0.6 is 31.9 Å². The Bertz CT molecular complexity index is 599. The Morgan fingerprint density at radius 1 is 1.28 bits per heavy atom. The lowest BCUT2D eigenvalue weighted by molar-refractivity contribution is 0.102. The fourth-order valence-electron chi connectivity index (χ4n) is 1.46. The zero-order chi connectivity index (χ0) is 13.1. The maximum absolute atomic E-state index is 12.1. The van der Waals surface area contributed by atoms with Gasteiger partial charge in [0.15, 0.2) is 0 Å². The number of benzene rings is 1. The van der Waals surface area contributed by atoms with Crippen LogP contribution in [0, 0.1) is 6.92 Å². The minimum atomic E-state index is -0.167. The highest BCUT2D eigenvalue weighted by Gasteiger charge is 2.11. The van der Waals surface area contributed by atoms with Crippen molar-refractivity contribution in [1.82, 2.24) is 4.98 Å². The largest absolute Gasteiger partial charge is 0.320 e. The average Bonchev–Trinajstić information content (AvgIpc) is 2.35. The zero-order valence-electron chi connectivity index (χ0n) is 9.58. The number of hydrogen-bond donors (Lipinski definition) is 1. The number of aromatic nitrogens is 1. The molecule has 1 N–H and O–H groups in total. The Kier molecular flexibility index (Phi) is 4.14. The molecule has 3 nitrogen and oxygen atoms in total. The second kappa shape index (κ2) is 5.63. The molecular formula is C13H10Br2N2O. The van der Waals surface area contributed by atoms with Gasteiger partial charge in [0, 0.05) is 15.1 Å². The zero-order valence-corrected chi connectivity index (χ0v) is 12.7. The van der Waals surface area contributed by atoms with Crippen molar-refractivity contribution in [3.05, 3.63) is 56.7 Å². The van der Waals surface area contributed by atoms with E-state index >= 15 is 0 Å². The normalized spacial score (nSPS) is 10.2. The summed E-state index contributed by atoms with van der Waals surface area (Å²) in [5.41, 5.74) is 2.27. The van der Waals surface area contributed by atoms with E-state index in [1.165, 1.54) is 0 Å². The first-order valence-corrected chi connectivity index (χ1v) is 6.83. The molecule has 1 aromatic heterocycles. The average molecular weight is 370 g/mol. The minimum absolute atomic E-state index is 0.167. The van der Waals surface area contributed by atoms with Gasteiger partial charge < -0.3 is 5.32 Å². The molecule has 0 spiro atoms. The van der Waals surface area contributed by atoms with E-state index in [9.17, 15) is 4.79 Å². The number of carbonyl (C=O) groups is 1. The van der Waals surface area contributed by atoms with Crippen LogP contribution in [0.25, 0.3) is 0 Å². The predicted octanol–water partition coefficient (Wildman–Crippen LogP) is 4.17. The van der Waals surface area contributed by atoms with Crippen LogP contribution in [0.4, 0.5) is 5.69 Å². The Morgan fingerprint density at radius 3 is 2.78 bits per heavy atom. The number of carbonyl (C=O) groups excluding carboxylic acids is 1. The molecule has 0 atom stereocenters. The number of hydrogen-bond acceptors (Lipinski definition) is 2. The van der Waals surface area contributed by atoms with E-state index in [1.807, 2.05) is 25.1 Å². The molecule has 0 saturated carbocycles. The molecule has 0 aliphatic rings. The fraction of sp³-hybridized carbons (Fsp3) is 0.0769. The van der Waals surface area contributed by atoms with Gasteiger partial charge in [-0.25, -0.2) is 0 Å². The van der Waals surface area contributed by atoms with E-state index in [2.05, 4.69) is 42.2 Å². The summed E-state index contributed by atoms with van der Waals surface area (Å²) in [6.45, 7) is 1.92. The first-order chi connectivity index (χ1) is 8.58. The molecule has 0 radical (unpaired) electrons. The number of halogens is 2. The minimum Gasteiger partial charge on any atom is -0.320 e. The summed E-state index contributed by atoms with van der Waals surface area (Å²) in [6, 6.07) is 7.32. The molecule has 0 saturated heterocycles. The molecule has 2 aromatic rings. The molecule has 18 heavy (non-hydrogen) atoms. The van der Waals surface area contributed by atoms with Crippen LogP contribution in [-0.2, 0) is 0 Å². The molecule has 0 bridgehead atoms. The molecule has 1 aromatic carbocycles. The molecular weight excluding hydrogens is 360 g/mol.